The van der Waals surface area contributed by atoms with Gasteiger partial charge in [0.1, 0.15) is 4.83 Å². The first-order chi connectivity index (χ1) is 11.1. The van der Waals surface area contributed by atoms with Crippen LogP contribution >= 0.6 is 22.7 Å². The SMILES string of the molecule is CN(C)c1nc2sc(C(=O)N[C@H]3CCc4ccccc43)cc2s1. The van der Waals surface area contributed by atoms with Gasteiger partial charge in [-0.05, 0) is 30.0 Å². The number of thiazole rings is 1. The molecule has 1 atom stereocenters. The molecule has 0 bridgehead atoms. The van der Waals surface area contributed by atoms with E-state index in [1.807, 2.05) is 31.1 Å². The van der Waals surface area contributed by atoms with Crippen LogP contribution in [0.2, 0.25) is 0 Å². The van der Waals surface area contributed by atoms with Gasteiger partial charge in [-0.3, -0.25) is 4.79 Å². The van der Waals surface area contributed by atoms with Crippen LogP contribution in [0.25, 0.3) is 9.53 Å². The standard InChI is InChI=1S/C17H17N3OS2/c1-20(2)17-19-16-14(23-17)9-13(22-16)15(21)18-12-8-7-10-5-3-4-6-11(10)12/h3-6,9,12H,7-8H2,1-2H3,(H,18,21)/t12-/m0/s1. The lowest BCUT2D eigenvalue weighted by Crippen LogP contribution is -2.26. The number of aryl methyl sites for hydroxylation is 1. The smallest absolute Gasteiger partial charge is 0.261 e. The van der Waals surface area contributed by atoms with Crippen molar-refractivity contribution >= 4 is 43.2 Å². The second-order valence-electron chi connectivity index (χ2n) is 5.93. The van der Waals surface area contributed by atoms with Crippen LogP contribution in [0.1, 0.15) is 33.3 Å². The minimum Gasteiger partial charge on any atom is -0.354 e. The highest BCUT2D eigenvalue weighted by atomic mass is 32.1. The summed E-state index contributed by atoms with van der Waals surface area (Å²) in [5.41, 5.74) is 2.61. The van der Waals surface area contributed by atoms with E-state index in [1.54, 1.807) is 11.3 Å². The Labute approximate surface area is 142 Å². The van der Waals surface area contributed by atoms with Crippen LogP contribution in [0.15, 0.2) is 30.3 Å². The van der Waals surface area contributed by atoms with Crippen molar-refractivity contribution in [1.29, 1.82) is 0 Å². The van der Waals surface area contributed by atoms with Crippen molar-refractivity contribution in [3.8, 4) is 0 Å². The van der Waals surface area contributed by atoms with E-state index < -0.39 is 0 Å². The summed E-state index contributed by atoms with van der Waals surface area (Å²) in [6.07, 6.45) is 2.02. The highest BCUT2D eigenvalue weighted by Gasteiger charge is 2.24. The number of thiophene rings is 1. The van der Waals surface area contributed by atoms with E-state index in [2.05, 4.69) is 28.5 Å². The van der Waals surface area contributed by atoms with E-state index in [1.165, 1.54) is 22.5 Å². The molecule has 0 unspecified atom stereocenters. The van der Waals surface area contributed by atoms with Gasteiger partial charge in [0.05, 0.1) is 15.6 Å². The molecule has 1 aliphatic carbocycles. The minimum absolute atomic E-state index is 0.00769. The highest BCUT2D eigenvalue weighted by Crippen LogP contribution is 2.35. The normalized spacial score (nSPS) is 16.5. The molecule has 4 nitrogen and oxygen atoms in total. The number of fused-ring (bicyclic) bond motifs is 2. The molecule has 0 saturated heterocycles. The summed E-state index contributed by atoms with van der Waals surface area (Å²) in [7, 11) is 3.96. The molecule has 0 saturated carbocycles. The molecule has 2 heterocycles. The maximum atomic E-state index is 12.6. The van der Waals surface area contributed by atoms with Crippen molar-refractivity contribution in [3.63, 3.8) is 0 Å². The second kappa shape index (κ2) is 5.62. The predicted molar refractivity (Wildman–Crippen MR) is 96.8 cm³/mol. The van der Waals surface area contributed by atoms with Gasteiger partial charge in [0, 0.05) is 14.1 Å². The van der Waals surface area contributed by atoms with Crippen molar-refractivity contribution in [1.82, 2.24) is 10.3 Å². The average Bonchev–Trinajstić information content (AvgIpc) is 3.19. The third-order valence-electron chi connectivity index (χ3n) is 4.12. The number of anilines is 1. The summed E-state index contributed by atoms with van der Waals surface area (Å²) < 4.78 is 1.08. The molecular weight excluding hydrogens is 326 g/mol. The first-order valence-corrected chi connectivity index (χ1v) is 9.21. The molecule has 0 fully saturated rings. The minimum atomic E-state index is 0.00769. The Bertz CT molecular complexity index is 849. The van der Waals surface area contributed by atoms with E-state index >= 15 is 0 Å². The number of carbonyl (C=O) groups excluding carboxylic acids is 1. The van der Waals surface area contributed by atoms with E-state index in [0.717, 1.165) is 32.4 Å². The molecule has 1 N–H and O–H groups in total. The van der Waals surface area contributed by atoms with E-state index in [9.17, 15) is 4.79 Å². The van der Waals surface area contributed by atoms with Gasteiger partial charge < -0.3 is 10.2 Å². The molecule has 1 aromatic carbocycles. The van der Waals surface area contributed by atoms with Crippen LogP contribution in [-0.4, -0.2) is 25.0 Å². The summed E-state index contributed by atoms with van der Waals surface area (Å²) >= 11 is 3.09. The molecule has 0 aliphatic heterocycles. The molecule has 118 valence electrons. The Hall–Kier alpha value is -1.92. The van der Waals surface area contributed by atoms with E-state index in [4.69, 9.17) is 0 Å². The summed E-state index contributed by atoms with van der Waals surface area (Å²) in [4.78, 5) is 20.8. The highest BCUT2D eigenvalue weighted by molar-refractivity contribution is 7.29. The fraction of sp³-hybridized carbons (Fsp3) is 0.294. The molecule has 6 heteroatoms. The van der Waals surface area contributed by atoms with Gasteiger partial charge >= 0.3 is 0 Å². The van der Waals surface area contributed by atoms with Crippen LogP contribution in [0.3, 0.4) is 0 Å². The number of aromatic nitrogens is 1. The number of nitrogens with one attached hydrogen (secondary N) is 1. The van der Waals surface area contributed by atoms with Gasteiger partial charge in [0.25, 0.3) is 5.91 Å². The van der Waals surface area contributed by atoms with Crippen LogP contribution in [-0.2, 0) is 6.42 Å². The van der Waals surface area contributed by atoms with Crippen LogP contribution in [0.5, 0.6) is 0 Å². The fourth-order valence-electron chi connectivity index (χ4n) is 2.96. The molecule has 3 aromatic rings. The number of benzene rings is 1. The molecule has 4 rings (SSSR count). The number of carbonyl (C=O) groups is 1. The summed E-state index contributed by atoms with van der Waals surface area (Å²) in [5, 5.41) is 4.15. The summed E-state index contributed by atoms with van der Waals surface area (Å²) in [6.45, 7) is 0. The van der Waals surface area contributed by atoms with Crippen molar-refractivity contribution in [2.45, 2.75) is 18.9 Å². The molecular formula is C17H17N3OS2. The van der Waals surface area contributed by atoms with Gasteiger partial charge in [-0.1, -0.05) is 35.6 Å². The molecule has 2 aromatic heterocycles. The zero-order valence-electron chi connectivity index (χ0n) is 13.0. The maximum Gasteiger partial charge on any atom is 0.261 e. The third kappa shape index (κ3) is 2.62. The molecule has 1 amide bonds. The Kier molecular flexibility index (Phi) is 3.58. The third-order valence-corrected chi connectivity index (χ3v) is 6.45. The fourth-order valence-corrected chi connectivity index (χ4v) is 5.00. The number of hydrogen-bond donors (Lipinski definition) is 1. The monoisotopic (exact) mass is 343 g/mol. The lowest BCUT2D eigenvalue weighted by Gasteiger charge is -2.13. The van der Waals surface area contributed by atoms with Gasteiger partial charge in [0.15, 0.2) is 5.13 Å². The quantitative estimate of drug-likeness (QED) is 0.786. The number of amides is 1. The van der Waals surface area contributed by atoms with Crippen molar-refractivity contribution in [2.24, 2.45) is 0 Å². The van der Waals surface area contributed by atoms with Gasteiger partial charge in [-0.15, -0.1) is 11.3 Å². The average molecular weight is 343 g/mol. The number of nitrogens with zero attached hydrogens (tertiary/aromatic N) is 2. The largest absolute Gasteiger partial charge is 0.354 e. The zero-order chi connectivity index (χ0) is 16.0. The topological polar surface area (TPSA) is 45.2 Å². The van der Waals surface area contributed by atoms with Gasteiger partial charge in [-0.2, -0.15) is 0 Å². The summed E-state index contributed by atoms with van der Waals surface area (Å²) in [6, 6.07) is 10.5. The maximum absolute atomic E-state index is 12.6. The lowest BCUT2D eigenvalue weighted by molar-refractivity contribution is 0.0941. The molecule has 0 radical (unpaired) electrons. The lowest BCUT2D eigenvalue weighted by atomic mass is 10.1. The molecule has 23 heavy (non-hydrogen) atoms. The van der Waals surface area contributed by atoms with Crippen molar-refractivity contribution in [2.75, 3.05) is 19.0 Å². The number of hydrogen-bond acceptors (Lipinski definition) is 5. The number of rotatable bonds is 3. The van der Waals surface area contributed by atoms with Gasteiger partial charge in [0.2, 0.25) is 0 Å². The first kappa shape index (κ1) is 14.7. The predicted octanol–water partition coefficient (Wildman–Crippen LogP) is 3.84. The Balaban J connectivity index is 1.54. The van der Waals surface area contributed by atoms with Crippen LogP contribution < -0.4 is 10.2 Å². The van der Waals surface area contributed by atoms with Crippen molar-refractivity contribution in [3.05, 3.63) is 46.3 Å². The van der Waals surface area contributed by atoms with Crippen LogP contribution in [0, 0.1) is 0 Å². The van der Waals surface area contributed by atoms with Crippen LogP contribution in [0.4, 0.5) is 5.13 Å². The summed E-state index contributed by atoms with van der Waals surface area (Å²) in [5.74, 6) is 0.00769. The first-order valence-electron chi connectivity index (χ1n) is 7.58. The Morgan fingerprint density at radius 2 is 2.13 bits per heavy atom. The molecule has 1 aliphatic rings. The van der Waals surface area contributed by atoms with E-state index in [0.29, 0.717) is 0 Å². The van der Waals surface area contributed by atoms with E-state index in [-0.39, 0.29) is 11.9 Å². The van der Waals surface area contributed by atoms with Crippen molar-refractivity contribution < 1.29 is 4.79 Å². The molecule has 0 spiro atoms. The Morgan fingerprint density at radius 3 is 2.91 bits per heavy atom. The second-order valence-corrected chi connectivity index (χ2v) is 7.97. The van der Waals surface area contributed by atoms with Gasteiger partial charge in [-0.25, -0.2) is 4.98 Å². The zero-order valence-corrected chi connectivity index (χ0v) is 14.6. The Morgan fingerprint density at radius 1 is 1.30 bits per heavy atom.